The molecule has 0 spiro atoms. The summed E-state index contributed by atoms with van der Waals surface area (Å²) in [6.45, 7) is 1.12. The minimum atomic E-state index is -3.94. The zero-order valence-corrected chi connectivity index (χ0v) is 22.2. The second kappa shape index (κ2) is 12.0. The molecule has 0 saturated carbocycles. The molecule has 0 bridgehead atoms. The Hall–Kier alpha value is -2.20. The monoisotopic (exact) mass is 549 g/mol. The molecule has 2 aromatic carbocycles. The first-order valence-corrected chi connectivity index (χ1v) is 13.2. The third-order valence-electron chi connectivity index (χ3n) is 5.08. The van der Waals surface area contributed by atoms with Crippen LogP contribution in [0.15, 0.2) is 36.4 Å². The van der Waals surface area contributed by atoms with Crippen LogP contribution in [0.2, 0.25) is 15.1 Å². The van der Waals surface area contributed by atoms with Crippen molar-refractivity contribution in [1.82, 2.24) is 10.2 Å². The Kier molecular flexibility index (Phi) is 9.87. The van der Waals surface area contributed by atoms with Crippen LogP contribution in [0.4, 0.5) is 5.69 Å². The molecule has 0 aliphatic carbocycles. The Balaban J connectivity index is 2.53. The van der Waals surface area contributed by atoms with Crippen molar-refractivity contribution in [3.63, 3.8) is 0 Å². The number of halogens is 3. The van der Waals surface area contributed by atoms with Crippen molar-refractivity contribution in [2.45, 2.75) is 25.9 Å². The molecule has 0 heterocycles. The SMILES string of the molecule is CC[C@H](C(=O)NC)N(Cc1ccc(Cl)cc1Cl)C(=O)CN(c1cc(Cl)ccc1OC)S(C)(=O)=O. The maximum Gasteiger partial charge on any atom is 0.244 e. The summed E-state index contributed by atoms with van der Waals surface area (Å²) in [7, 11) is -1.10. The van der Waals surface area contributed by atoms with Gasteiger partial charge in [0.15, 0.2) is 0 Å². The summed E-state index contributed by atoms with van der Waals surface area (Å²) < 4.78 is 31.6. The first kappa shape index (κ1) is 28.0. The lowest BCUT2D eigenvalue weighted by Crippen LogP contribution is -2.51. The number of amides is 2. The number of rotatable bonds is 10. The summed E-state index contributed by atoms with van der Waals surface area (Å²) in [5.74, 6) is -0.797. The van der Waals surface area contributed by atoms with Crippen LogP contribution in [-0.2, 0) is 26.2 Å². The lowest BCUT2D eigenvalue weighted by atomic mass is 10.1. The molecule has 186 valence electrons. The zero-order chi connectivity index (χ0) is 25.6. The lowest BCUT2D eigenvalue weighted by molar-refractivity contribution is -0.140. The molecule has 2 rings (SSSR count). The van der Waals surface area contributed by atoms with E-state index in [1.54, 1.807) is 25.1 Å². The van der Waals surface area contributed by atoms with Crippen LogP contribution in [-0.4, -0.2) is 58.1 Å². The quantitative estimate of drug-likeness (QED) is 0.483. The summed E-state index contributed by atoms with van der Waals surface area (Å²) in [6.07, 6.45) is 1.26. The van der Waals surface area contributed by atoms with Crippen molar-refractivity contribution in [1.29, 1.82) is 0 Å². The van der Waals surface area contributed by atoms with Gasteiger partial charge in [-0.3, -0.25) is 13.9 Å². The highest BCUT2D eigenvalue weighted by atomic mass is 35.5. The molecule has 0 aromatic heterocycles. The van der Waals surface area contributed by atoms with E-state index in [1.165, 1.54) is 37.3 Å². The van der Waals surface area contributed by atoms with Crippen LogP contribution in [0.5, 0.6) is 5.75 Å². The Morgan fingerprint density at radius 1 is 1.09 bits per heavy atom. The van der Waals surface area contributed by atoms with Gasteiger partial charge in [-0.05, 0) is 42.3 Å². The maximum absolute atomic E-state index is 13.6. The van der Waals surface area contributed by atoms with Crippen molar-refractivity contribution in [2.24, 2.45) is 0 Å². The van der Waals surface area contributed by atoms with Gasteiger partial charge in [0.05, 0.1) is 19.1 Å². The van der Waals surface area contributed by atoms with Gasteiger partial charge in [-0.2, -0.15) is 0 Å². The predicted octanol–water partition coefficient (Wildman–Crippen LogP) is 3.97. The number of carbonyl (C=O) groups excluding carboxylic acids is 2. The maximum atomic E-state index is 13.6. The van der Waals surface area contributed by atoms with Crippen molar-refractivity contribution in [3.8, 4) is 5.75 Å². The van der Waals surface area contributed by atoms with Crippen molar-refractivity contribution < 1.29 is 22.7 Å². The molecule has 34 heavy (non-hydrogen) atoms. The topological polar surface area (TPSA) is 96.0 Å². The van der Waals surface area contributed by atoms with E-state index >= 15 is 0 Å². The van der Waals surface area contributed by atoms with E-state index in [4.69, 9.17) is 39.5 Å². The third kappa shape index (κ3) is 6.91. The van der Waals surface area contributed by atoms with E-state index in [0.717, 1.165) is 10.6 Å². The highest BCUT2D eigenvalue weighted by Crippen LogP contribution is 2.33. The number of nitrogens with one attached hydrogen (secondary N) is 1. The summed E-state index contributed by atoms with van der Waals surface area (Å²) in [6, 6.07) is 8.37. The fourth-order valence-electron chi connectivity index (χ4n) is 3.37. The number of anilines is 1. The molecule has 0 aliphatic rings. The number of likely N-dealkylation sites (N-methyl/N-ethyl adjacent to an activating group) is 1. The Bertz CT molecular complexity index is 1160. The Labute approximate surface area is 214 Å². The molecule has 8 nitrogen and oxygen atoms in total. The van der Waals surface area contributed by atoms with Crippen LogP contribution >= 0.6 is 34.8 Å². The van der Waals surface area contributed by atoms with Crippen LogP contribution in [0, 0.1) is 0 Å². The molecule has 0 unspecified atom stereocenters. The number of carbonyl (C=O) groups is 2. The number of nitrogens with zero attached hydrogens (tertiary/aromatic N) is 2. The molecular formula is C22H26Cl3N3O5S. The van der Waals surface area contributed by atoms with Gasteiger partial charge < -0.3 is 15.0 Å². The van der Waals surface area contributed by atoms with Crippen LogP contribution in [0.1, 0.15) is 18.9 Å². The fraction of sp³-hybridized carbons (Fsp3) is 0.364. The van der Waals surface area contributed by atoms with Gasteiger partial charge in [-0.1, -0.05) is 47.8 Å². The largest absolute Gasteiger partial charge is 0.495 e. The standard InChI is InChI=1S/C22H26Cl3N3O5S/c1-5-18(22(30)26-2)27(12-14-6-7-15(23)10-17(14)25)21(29)13-28(34(4,31)32)19-11-16(24)8-9-20(19)33-3/h6-11,18H,5,12-13H2,1-4H3,(H,26,30)/t18-/m1/s1. The van der Waals surface area contributed by atoms with E-state index in [2.05, 4.69) is 5.32 Å². The van der Waals surface area contributed by atoms with Crippen molar-refractivity contribution >= 4 is 62.3 Å². The van der Waals surface area contributed by atoms with Gasteiger partial charge in [0.2, 0.25) is 21.8 Å². The first-order valence-electron chi connectivity index (χ1n) is 10.2. The first-order chi connectivity index (χ1) is 15.9. The molecule has 0 aliphatic heterocycles. The number of benzene rings is 2. The lowest BCUT2D eigenvalue weighted by Gasteiger charge is -2.33. The molecule has 0 radical (unpaired) electrons. The van der Waals surface area contributed by atoms with Gasteiger partial charge >= 0.3 is 0 Å². The van der Waals surface area contributed by atoms with E-state index in [1.807, 2.05) is 0 Å². The zero-order valence-electron chi connectivity index (χ0n) is 19.1. The molecule has 2 aromatic rings. The summed E-state index contributed by atoms with van der Waals surface area (Å²) in [5, 5.41) is 3.54. The Morgan fingerprint density at radius 3 is 2.24 bits per heavy atom. The summed E-state index contributed by atoms with van der Waals surface area (Å²) in [4.78, 5) is 27.4. The number of hydrogen-bond acceptors (Lipinski definition) is 5. The number of methoxy groups -OCH3 is 1. The molecule has 1 atom stereocenters. The van der Waals surface area contributed by atoms with Gasteiger partial charge in [-0.15, -0.1) is 0 Å². The van der Waals surface area contributed by atoms with E-state index < -0.39 is 34.4 Å². The molecular weight excluding hydrogens is 525 g/mol. The van der Waals surface area contributed by atoms with E-state index in [9.17, 15) is 18.0 Å². The highest BCUT2D eigenvalue weighted by molar-refractivity contribution is 7.92. The van der Waals surface area contributed by atoms with Gasteiger partial charge in [0.1, 0.15) is 18.3 Å². The molecule has 0 fully saturated rings. The number of ether oxygens (including phenoxy) is 1. The average Bonchev–Trinajstić information content (AvgIpc) is 2.77. The van der Waals surface area contributed by atoms with Crippen LogP contribution in [0.3, 0.4) is 0 Å². The highest BCUT2D eigenvalue weighted by Gasteiger charge is 2.32. The fourth-order valence-corrected chi connectivity index (χ4v) is 4.85. The smallest absolute Gasteiger partial charge is 0.244 e. The van der Waals surface area contributed by atoms with Crippen molar-refractivity contribution in [2.75, 3.05) is 31.3 Å². The van der Waals surface area contributed by atoms with Gasteiger partial charge in [0.25, 0.3) is 0 Å². The van der Waals surface area contributed by atoms with Crippen LogP contribution in [0.25, 0.3) is 0 Å². The molecule has 2 amide bonds. The number of sulfonamides is 1. The summed E-state index contributed by atoms with van der Waals surface area (Å²) in [5.41, 5.74) is 0.649. The molecule has 0 saturated heterocycles. The molecule has 12 heteroatoms. The van der Waals surface area contributed by atoms with E-state index in [0.29, 0.717) is 15.6 Å². The average molecular weight is 551 g/mol. The Morgan fingerprint density at radius 2 is 1.71 bits per heavy atom. The minimum Gasteiger partial charge on any atom is -0.495 e. The normalized spacial score (nSPS) is 12.1. The van der Waals surface area contributed by atoms with Gasteiger partial charge in [0, 0.05) is 28.7 Å². The van der Waals surface area contributed by atoms with Crippen LogP contribution < -0.4 is 14.4 Å². The minimum absolute atomic E-state index is 0.0367. The van der Waals surface area contributed by atoms with E-state index in [-0.39, 0.29) is 29.4 Å². The summed E-state index contributed by atoms with van der Waals surface area (Å²) >= 11 is 18.4. The third-order valence-corrected chi connectivity index (χ3v) is 7.03. The number of hydrogen-bond donors (Lipinski definition) is 1. The second-order valence-electron chi connectivity index (χ2n) is 7.38. The predicted molar refractivity (Wildman–Crippen MR) is 135 cm³/mol. The van der Waals surface area contributed by atoms with Crippen molar-refractivity contribution in [3.05, 3.63) is 57.0 Å². The van der Waals surface area contributed by atoms with Gasteiger partial charge in [-0.25, -0.2) is 8.42 Å². The molecule has 1 N–H and O–H groups in total. The second-order valence-corrected chi connectivity index (χ2v) is 10.6.